The molecule has 0 heterocycles. The first-order chi connectivity index (χ1) is 11.1. The quantitative estimate of drug-likeness (QED) is 0.601. The molecule has 1 aromatic rings. The molecule has 1 amide bonds. The average molecular weight is 384 g/mol. The first-order valence-corrected chi connectivity index (χ1v) is 8.42. The molecule has 0 fully saturated rings. The molecule has 0 aromatic heterocycles. The Morgan fingerprint density at radius 1 is 1.30 bits per heavy atom. The lowest BCUT2D eigenvalue weighted by Crippen LogP contribution is -2.30. The van der Waals surface area contributed by atoms with Crippen LogP contribution >= 0.6 is 15.9 Å². The molecule has 1 aromatic carbocycles. The van der Waals surface area contributed by atoms with Crippen LogP contribution < -0.4 is 5.32 Å². The van der Waals surface area contributed by atoms with E-state index in [0.717, 1.165) is 19.3 Å². The lowest BCUT2D eigenvalue weighted by atomic mass is 9.97. The standard InChI is InChI=1S/C17H19BrFNO3/c18-13-6-7-14(15(19)10-13)17(22)23-11-16(21)20-9-8-12-4-2-1-3-5-12/h4,6-7,10H,1-3,5,8-9,11H2,(H,20,21). The SMILES string of the molecule is O=C(COC(=O)c1ccc(Br)cc1F)NCCC1=CCCCC1. The minimum absolute atomic E-state index is 0.187. The summed E-state index contributed by atoms with van der Waals surface area (Å²) >= 11 is 3.11. The van der Waals surface area contributed by atoms with Gasteiger partial charge in [0.1, 0.15) is 5.82 Å². The maximum absolute atomic E-state index is 13.6. The van der Waals surface area contributed by atoms with Gasteiger partial charge in [0.25, 0.3) is 5.91 Å². The van der Waals surface area contributed by atoms with E-state index in [1.807, 2.05) is 0 Å². The van der Waals surface area contributed by atoms with E-state index in [9.17, 15) is 14.0 Å². The van der Waals surface area contributed by atoms with Gasteiger partial charge in [0.2, 0.25) is 0 Å². The second-order valence-electron chi connectivity index (χ2n) is 5.41. The largest absolute Gasteiger partial charge is 0.452 e. The van der Waals surface area contributed by atoms with E-state index < -0.39 is 18.4 Å². The Kier molecular flexibility index (Phi) is 6.77. The van der Waals surface area contributed by atoms with Crippen LogP contribution in [0.3, 0.4) is 0 Å². The van der Waals surface area contributed by atoms with Gasteiger partial charge in [-0.3, -0.25) is 4.79 Å². The highest BCUT2D eigenvalue weighted by Crippen LogP contribution is 2.19. The summed E-state index contributed by atoms with van der Waals surface area (Å²) < 4.78 is 19.0. The molecule has 2 rings (SSSR count). The number of nitrogens with one attached hydrogen (secondary N) is 1. The van der Waals surface area contributed by atoms with Crippen molar-refractivity contribution in [3.05, 3.63) is 45.7 Å². The molecule has 0 radical (unpaired) electrons. The average Bonchev–Trinajstić information content (AvgIpc) is 2.53. The number of esters is 1. The van der Waals surface area contributed by atoms with E-state index in [1.54, 1.807) is 0 Å². The smallest absolute Gasteiger partial charge is 0.341 e. The van der Waals surface area contributed by atoms with Crippen LogP contribution in [0.15, 0.2) is 34.3 Å². The van der Waals surface area contributed by atoms with Crippen LogP contribution in [0.4, 0.5) is 4.39 Å². The Hall–Kier alpha value is -1.69. The fourth-order valence-corrected chi connectivity index (χ4v) is 2.74. The van der Waals surface area contributed by atoms with Crippen LogP contribution in [-0.4, -0.2) is 25.0 Å². The Labute approximate surface area is 143 Å². The molecule has 4 nitrogen and oxygen atoms in total. The highest BCUT2D eigenvalue weighted by Gasteiger charge is 2.15. The summed E-state index contributed by atoms with van der Waals surface area (Å²) in [6.45, 7) is 0.113. The number of hydrogen-bond acceptors (Lipinski definition) is 3. The number of amides is 1. The Morgan fingerprint density at radius 2 is 2.13 bits per heavy atom. The molecule has 6 heteroatoms. The number of rotatable bonds is 6. The van der Waals surface area contributed by atoms with Crippen LogP contribution in [-0.2, 0) is 9.53 Å². The van der Waals surface area contributed by atoms with Crippen molar-refractivity contribution in [2.75, 3.05) is 13.2 Å². The minimum atomic E-state index is -0.847. The molecule has 0 saturated carbocycles. The van der Waals surface area contributed by atoms with Crippen molar-refractivity contribution in [1.29, 1.82) is 0 Å². The van der Waals surface area contributed by atoms with Gasteiger partial charge in [0, 0.05) is 11.0 Å². The fourth-order valence-electron chi connectivity index (χ4n) is 2.41. The molecule has 0 atom stereocenters. The van der Waals surface area contributed by atoms with Crippen molar-refractivity contribution in [2.45, 2.75) is 32.1 Å². The van der Waals surface area contributed by atoms with Crippen LogP contribution in [0, 0.1) is 5.82 Å². The first-order valence-electron chi connectivity index (χ1n) is 7.63. The fraction of sp³-hybridized carbons (Fsp3) is 0.412. The second-order valence-corrected chi connectivity index (χ2v) is 6.32. The summed E-state index contributed by atoms with van der Waals surface area (Å²) in [6, 6.07) is 4.03. The summed E-state index contributed by atoms with van der Waals surface area (Å²) in [5.41, 5.74) is 1.18. The number of benzene rings is 1. The van der Waals surface area contributed by atoms with E-state index in [4.69, 9.17) is 4.74 Å². The third kappa shape index (κ3) is 5.78. The molecule has 124 valence electrons. The van der Waals surface area contributed by atoms with E-state index in [1.165, 1.54) is 36.6 Å². The van der Waals surface area contributed by atoms with Gasteiger partial charge in [-0.2, -0.15) is 0 Å². The van der Waals surface area contributed by atoms with Crippen molar-refractivity contribution in [3.8, 4) is 0 Å². The Balaban J connectivity index is 1.71. The Morgan fingerprint density at radius 3 is 2.83 bits per heavy atom. The number of halogens is 2. The number of carbonyl (C=O) groups is 2. The first kappa shape index (κ1) is 17.7. The molecule has 0 aliphatic heterocycles. The van der Waals surface area contributed by atoms with Crippen molar-refractivity contribution >= 4 is 27.8 Å². The third-order valence-electron chi connectivity index (χ3n) is 3.64. The number of allylic oxidation sites excluding steroid dienone is 1. The normalized spacial score (nSPS) is 14.1. The van der Waals surface area contributed by atoms with Gasteiger partial charge in [-0.25, -0.2) is 9.18 Å². The number of hydrogen-bond donors (Lipinski definition) is 1. The topological polar surface area (TPSA) is 55.4 Å². The van der Waals surface area contributed by atoms with Crippen LogP contribution in [0.2, 0.25) is 0 Å². The molecule has 0 spiro atoms. The van der Waals surface area contributed by atoms with E-state index in [0.29, 0.717) is 11.0 Å². The maximum Gasteiger partial charge on any atom is 0.341 e. The second kappa shape index (κ2) is 8.82. The van der Waals surface area contributed by atoms with Gasteiger partial charge >= 0.3 is 5.97 Å². The van der Waals surface area contributed by atoms with Crippen molar-refractivity contribution in [1.82, 2.24) is 5.32 Å². The molecule has 1 N–H and O–H groups in total. The van der Waals surface area contributed by atoms with E-state index >= 15 is 0 Å². The number of carbonyl (C=O) groups excluding carboxylic acids is 2. The molecule has 23 heavy (non-hydrogen) atoms. The highest BCUT2D eigenvalue weighted by molar-refractivity contribution is 9.10. The molecular formula is C17H19BrFNO3. The van der Waals surface area contributed by atoms with Crippen LogP contribution in [0.1, 0.15) is 42.5 Å². The lowest BCUT2D eigenvalue weighted by Gasteiger charge is -2.13. The lowest BCUT2D eigenvalue weighted by molar-refractivity contribution is -0.124. The molecule has 1 aliphatic carbocycles. The summed E-state index contributed by atoms with van der Waals surface area (Å²) in [7, 11) is 0. The summed E-state index contributed by atoms with van der Waals surface area (Å²) in [5, 5.41) is 2.70. The zero-order valence-electron chi connectivity index (χ0n) is 12.7. The molecular weight excluding hydrogens is 365 g/mol. The minimum Gasteiger partial charge on any atom is -0.452 e. The van der Waals surface area contributed by atoms with Gasteiger partial charge in [-0.1, -0.05) is 27.6 Å². The molecule has 1 aliphatic rings. The molecule has 0 unspecified atom stereocenters. The van der Waals surface area contributed by atoms with E-state index in [-0.39, 0.29) is 11.5 Å². The van der Waals surface area contributed by atoms with Crippen LogP contribution in [0.25, 0.3) is 0 Å². The predicted molar refractivity (Wildman–Crippen MR) is 88.6 cm³/mol. The highest BCUT2D eigenvalue weighted by atomic mass is 79.9. The molecule has 0 bridgehead atoms. The molecule has 0 saturated heterocycles. The number of ether oxygens (including phenoxy) is 1. The monoisotopic (exact) mass is 383 g/mol. The summed E-state index contributed by atoms with van der Waals surface area (Å²) in [4.78, 5) is 23.4. The zero-order valence-corrected chi connectivity index (χ0v) is 14.3. The summed E-state index contributed by atoms with van der Waals surface area (Å²) in [6.07, 6.45) is 7.69. The maximum atomic E-state index is 13.6. The third-order valence-corrected chi connectivity index (χ3v) is 4.13. The van der Waals surface area contributed by atoms with Gasteiger partial charge in [0.05, 0.1) is 5.56 Å². The van der Waals surface area contributed by atoms with Gasteiger partial charge in [-0.05, 0) is 50.3 Å². The van der Waals surface area contributed by atoms with Crippen LogP contribution in [0.5, 0.6) is 0 Å². The Bertz CT molecular complexity index is 616. The van der Waals surface area contributed by atoms with Crippen molar-refractivity contribution in [3.63, 3.8) is 0 Å². The van der Waals surface area contributed by atoms with E-state index in [2.05, 4.69) is 27.3 Å². The van der Waals surface area contributed by atoms with Gasteiger partial charge in [0.15, 0.2) is 6.61 Å². The van der Waals surface area contributed by atoms with Gasteiger partial charge < -0.3 is 10.1 Å². The predicted octanol–water partition coefficient (Wildman–Crippen LogP) is 3.75. The summed E-state index contributed by atoms with van der Waals surface area (Å²) in [5.74, 6) is -1.92. The van der Waals surface area contributed by atoms with Crippen molar-refractivity contribution in [2.24, 2.45) is 0 Å². The zero-order chi connectivity index (χ0) is 16.7. The van der Waals surface area contributed by atoms with Crippen molar-refractivity contribution < 1.29 is 18.7 Å². The van der Waals surface area contributed by atoms with Gasteiger partial charge in [-0.15, -0.1) is 0 Å².